The van der Waals surface area contributed by atoms with Crippen molar-refractivity contribution < 1.29 is 14.3 Å². The van der Waals surface area contributed by atoms with Crippen LogP contribution in [0.1, 0.15) is 17.3 Å². The fourth-order valence-electron chi connectivity index (χ4n) is 1.29. The lowest BCUT2D eigenvalue weighted by molar-refractivity contribution is -0.111. The molecule has 0 saturated carbocycles. The first-order valence-electron chi connectivity index (χ1n) is 5.56. The van der Waals surface area contributed by atoms with Gasteiger partial charge in [-0.1, -0.05) is 29.8 Å². The largest absolute Gasteiger partial charge is 0.465 e. The number of nitrogens with one attached hydrogen (secondary N) is 1. The molecule has 0 unspecified atom stereocenters. The first kappa shape index (κ1) is 15.0. The smallest absolute Gasteiger partial charge is 0.337 e. The summed E-state index contributed by atoms with van der Waals surface area (Å²) in [5.41, 5.74) is 0.680. The lowest BCUT2D eigenvalue weighted by atomic mass is 10.2. The number of esters is 1. The van der Waals surface area contributed by atoms with Crippen LogP contribution in [0, 0.1) is 0 Å². The fraction of sp³-hybridized carbons (Fsp3) is 0.143. The Morgan fingerprint density at radius 3 is 2.68 bits per heavy atom. The second-order valence-electron chi connectivity index (χ2n) is 3.56. The van der Waals surface area contributed by atoms with E-state index in [4.69, 9.17) is 11.6 Å². The highest BCUT2D eigenvalue weighted by Crippen LogP contribution is 2.23. The standard InChI is InChI=1S/C14H14ClNO3/c1-3-4-5-6-13(17)16-12-9-10(14(18)19-2)7-8-11(12)15/h3-9H,1-2H3,(H,16,17). The summed E-state index contributed by atoms with van der Waals surface area (Å²) < 4.78 is 4.60. The summed E-state index contributed by atoms with van der Waals surface area (Å²) in [5, 5.41) is 2.94. The zero-order chi connectivity index (χ0) is 14.3. The van der Waals surface area contributed by atoms with Gasteiger partial charge in [-0.15, -0.1) is 0 Å². The van der Waals surface area contributed by atoms with Crippen molar-refractivity contribution in [2.45, 2.75) is 6.92 Å². The van der Waals surface area contributed by atoms with E-state index in [2.05, 4.69) is 10.1 Å². The van der Waals surface area contributed by atoms with E-state index >= 15 is 0 Å². The maximum Gasteiger partial charge on any atom is 0.337 e. The van der Waals surface area contributed by atoms with Crippen molar-refractivity contribution in [3.8, 4) is 0 Å². The molecule has 0 aliphatic carbocycles. The van der Waals surface area contributed by atoms with E-state index in [9.17, 15) is 9.59 Å². The Bertz CT molecular complexity index is 535. The Hall–Kier alpha value is -2.07. The van der Waals surface area contributed by atoms with E-state index in [0.29, 0.717) is 16.3 Å². The van der Waals surface area contributed by atoms with Gasteiger partial charge < -0.3 is 10.1 Å². The van der Waals surface area contributed by atoms with Crippen molar-refractivity contribution in [2.75, 3.05) is 12.4 Å². The van der Waals surface area contributed by atoms with Gasteiger partial charge in [0.15, 0.2) is 0 Å². The highest BCUT2D eigenvalue weighted by atomic mass is 35.5. The van der Waals surface area contributed by atoms with Gasteiger partial charge in [-0.3, -0.25) is 4.79 Å². The second-order valence-corrected chi connectivity index (χ2v) is 3.97. The number of hydrogen-bond acceptors (Lipinski definition) is 3. The van der Waals surface area contributed by atoms with Crippen molar-refractivity contribution in [1.82, 2.24) is 0 Å². The molecule has 1 aromatic rings. The minimum Gasteiger partial charge on any atom is -0.465 e. The van der Waals surface area contributed by atoms with Crippen LogP contribution in [-0.2, 0) is 9.53 Å². The van der Waals surface area contributed by atoms with Gasteiger partial charge in [-0.05, 0) is 25.1 Å². The fourth-order valence-corrected chi connectivity index (χ4v) is 1.46. The van der Waals surface area contributed by atoms with Crippen molar-refractivity contribution in [1.29, 1.82) is 0 Å². The predicted octanol–water partition coefficient (Wildman–Crippen LogP) is 3.20. The van der Waals surface area contributed by atoms with Crippen LogP contribution in [0.5, 0.6) is 0 Å². The molecule has 0 spiro atoms. The van der Waals surface area contributed by atoms with Gasteiger partial charge in [0, 0.05) is 6.08 Å². The van der Waals surface area contributed by atoms with Gasteiger partial charge in [0.05, 0.1) is 23.4 Å². The van der Waals surface area contributed by atoms with Crippen LogP contribution in [0.15, 0.2) is 42.5 Å². The molecule has 100 valence electrons. The van der Waals surface area contributed by atoms with Gasteiger partial charge in [0.1, 0.15) is 0 Å². The summed E-state index contributed by atoms with van der Waals surface area (Å²) in [4.78, 5) is 23.0. The van der Waals surface area contributed by atoms with E-state index in [0.717, 1.165) is 0 Å². The van der Waals surface area contributed by atoms with E-state index < -0.39 is 5.97 Å². The van der Waals surface area contributed by atoms with Crippen LogP contribution in [0.3, 0.4) is 0 Å². The third-order valence-electron chi connectivity index (χ3n) is 2.20. The summed E-state index contributed by atoms with van der Waals surface area (Å²) in [5.74, 6) is -0.821. The number of rotatable bonds is 4. The molecule has 1 N–H and O–H groups in total. The Balaban J connectivity index is 2.88. The molecular formula is C14H14ClNO3. The SMILES string of the molecule is CC=CC=CC(=O)Nc1cc(C(=O)OC)ccc1Cl. The van der Waals surface area contributed by atoms with Crippen molar-refractivity contribution in [2.24, 2.45) is 0 Å². The Kier molecular flexibility index (Phi) is 5.82. The molecule has 5 heteroatoms. The average Bonchev–Trinajstić information content (AvgIpc) is 2.40. The Morgan fingerprint density at radius 1 is 1.32 bits per heavy atom. The molecule has 0 atom stereocenters. The number of methoxy groups -OCH3 is 1. The Labute approximate surface area is 116 Å². The van der Waals surface area contributed by atoms with Crippen LogP contribution in [0.25, 0.3) is 0 Å². The van der Waals surface area contributed by atoms with Gasteiger partial charge in [-0.2, -0.15) is 0 Å². The molecule has 4 nitrogen and oxygen atoms in total. The summed E-state index contributed by atoms with van der Waals surface area (Å²) in [6.07, 6.45) is 6.50. The molecule has 0 fully saturated rings. The number of amides is 1. The minimum atomic E-state index is -0.489. The number of hydrogen-bond donors (Lipinski definition) is 1. The van der Waals surface area contributed by atoms with E-state index in [1.54, 1.807) is 18.2 Å². The van der Waals surface area contributed by atoms with Crippen LogP contribution in [0.4, 0.5) is 5.69 Å². The lowest BCUT2D eigenvalue weighted by Crippen LogP contribution is -2.09. The summed E-state index contributed by atoms with van der Waals surface area (Å²) in [6, 6.07) is 4.52. The molecule has 1 rings (SSSR count). The number of anilines is 1. The molecule has 0 radical (unpaired) electrons. The van der Waals surface area contributed by atoms with Crippen LogP contribution >= 0.6 is 11.6 Å². The van der Waals surface area contributed by atoms with Crippen molar-refractivity contribution in [3.63, 3.8) is 0 Å². The van der Waals surface area contributed by atoms with Crippen LogP contribution in [0.2, 0.25) is 5.02 Å². The van der Waals surface area contributed by atoms with Gasteiger partial charge >= 0.3 is 5.97 Å². The van der Waals surface area contributed by atoms with Gasteiger partial charge in [0.25, 0.3) is 0 Å². The summed E-state index contributed by atoms with van der Waals surface area (Å²) in [6.45, 7) is 1.85. The molecule has 0 saturated heterocycles. The van der Waals surface area contributed by atoms with Crippen LogP contribution < -0.4 is 5.32 Å². The number of ether oxygens (including phenoxy) is 1. The number of halogens is 1. The topological polar surface area (TPSA) is 55.4 Å². The van der Waals surface area contributed by atoms with Crippen molar-refractivity contribution >= 4 is 29.2 Å². The van der Waals surface area contributed by atoms with E-state index in [1.165, 1.54) is 31.4 Å². The summed E-state index contributed by atoms with van der Waals surface area (Å²) >= 11 is 5.94. The molecule has 19 heavy (non-hydrogen) atoms. The number of carbonyl (C=O) groups excluding carboxylic acids is 2. The Morgan fingerprint density at radius 2 is 2.05 bits per heavy atom. The highest BCUT2D eigenvalue weighted by Gasteiger charge is 2.09. The molecule has 0 heterocycles. The van der Waals surface area contributed by atoms with Crippen LogP contribution in [-0.4, -0.2) is 19.0 Å². The average molecular weight is 280 g/mol. The molecule has 0 aromatic heterocycles. The zero-order valence-corrected chi connectivity index (χ0v) is 11.4. The molecule has 0 bridgehead atoms. The normalized spacial score (nSPS) is 10.9. The maximum atomic E-state index is 11.6. The van der Waals surface area contributed by atoms with Crippen molar-refractivity contribution in [3.05, 3.63) is 53.1 Å². The monoisotopic (exact) mass is 279 g/mol. The zero-order valence-electron chi connectivity index (χ0n) is 10.6. The first-order chi connectivity index (χ1) is 9.08. The van der Waals surface area contributed by atoms with E-state index in [-0.39, 0.29) is 5.91 Å². The lowest BCUT2D eigenvalue weighted by Gasteiger charge is -2.07. The third kappa shape index (κ3) is 4.60. The third-order valence-corrected chi connectivity index (χ3v) is 2.53. The predicted molar refractivity (Wildman–Crippen MR) is 75.4 cm³/mol. The second kappa shape index (κ2) is 7.38. The quantitative estimate of drug-likeness (QED) is 0.523. The van der Waals surface area contributed by atoms with Gasteiger partial charge in [-0.25, -0.2) is 4.79 Å². The minimum absolute atomic E-state index is 0.319. The van der Waals surface area contributed by atoms with E-state index in [1.807, 2.05) is 6.92 Å². The molecular weight excluding hydrogens is 266 g/mol. The number of benzene rings is 1. The molecule has 1 amide bonds. The number of allylic oxidation sites excluding steroid dienone is 3. The van der Waals surface area contributed by atoms with Gasteiger partial charge in [0.2, 0.25) is 5.91 Å². The summed E-state index contributed by atoms with van der Waals surface area (Å²) in [7, 11) is 1.29. The molecule has 0 aliphatic rings. The first-order valence-corrected chi connectivity index (χ1v) is 5.94. The molecule has 0 aliphatic heterocycles. The molecule has 1 aromatic carbocycles. The number of carbonyl (C=O) groups is 2. The highest BCUT2D eigenvalue weighted by molar-refractivity contribution is 6.34. The maximum absolute atomic E-state index is 11.6.